The molecule has 0 fully saturated rings. The summed E-state index contributed by atoms with van der Waals surface area (Å²) in [6.45, 7) is 0. The first-order valence-corrected chi connectivity index (χ1v) is 6.19. The molecule has 96 valence electrons. The van der Waals surface area contributed by atoms with Gasteiger partial charge < -0.3 is 5.73 Å². The van der Waals surface area contributed by atoms with Crippen LogP contribution in [0.2, 0.25) is 10.0 Å². The molecule has 2 aromatic carbocycles. The molecule has 1 aromatic heterocycles. The summed E-state index contributed by atoms with van der Waals surface area (Å²) in [6.07, 6.45) is 1.59. The van der Waals surface area contributed by atoms with E-state index >= 15 is 0 Å². The lowest BCUT2D eigenvalue weighted by atomic mass is 10.2. The maximum atomic E-state index is 13.5. The molecule has 1 heterocycles. The molecule has 0 saturated heterocycles. The number of rotatable bonds is 1. The van der Waals surface area contributed by atoms with Gasteiger partial charge in [-0.05, 0) is 24.3 Å². The van der Waals surface area contributed by atoms with Crippen LogP contribution in [0.25, 0.3) is 16.7 Å². The topological polar surface area (TPSA) is 43.8 Å². The Kier molecular flexibility index (Phi) is 2.84. The van der Waals surface area contributed by atoms with Crippen LogP contribution in [0.1, 0.15) is 0 Å². The number of anilines is 1. The summed E-state index contributed by atoms with van der Waals surface area (Å²) in [4.78, 5) is 4.22. The smallest absolute Gasteiger partial charge is 0.148 e. The predicted octanol–water partition coefficient (Wildman–Crippen LogP) is 4.05. The molecule has 0 aliphatic carbocycles. The van der Waals surface area contributed by atoms with Crippen LogP contribution in [-0.4, -0.2) is 9.55 Å². The quantitative estimate of drug-likeness (QED) is 0.688. The van der Waals surface area contributed by atoms with Crippen LogP contribution in [0.15, 0.2) is 36.7 Å². The van der Waals surface area contributed by atoms with Gasteiger partial charge in [-0.1, -0.05) is 23.2 Å². The molecule has 19 heavy (non-hydrogen) atoms. The third-order valence-corrected chi connectivity index (χ3v) is 3.57. The molecular formula is C13H8Cl2FN3. The summed E-state index contributed by atoms with van der Waals surface area (Å²) in [5.74, 6) is -0.473. The van der Waals surface area contributed by atoms with Gasteiger partial charge in [0.25, 0.3) is 0 Å². The molecule has 3 aromatic rings. The fraction of sp³-hybridized carbons (Fsp3) is 0. The largest absolute Gasteiger partial charge is 0.396 e. The molecule has 3 nitrogen and oxygen atoms in total. The zero-order valence-electron chi connectivity index (χ0n) is 9.57. The van der Waals surface area contributed by atoms with Crippen LogP contribution in [0.4, 0.5) is 10.1 Å². The second-order valence-electron chi connectivity index (χ2n) is 4.08. The molecular weight excluding hydrogens is 288 g/mol. The first-order valence-electron chi connectivity index (χ1n) is 5.44. The van der Waals surface area contributed by atoms with E-state index in [0.717, 1.165) is 5.52 Å². The predicted molar refractivity (Wildman–Crippen MR) is 75.5 cm³/mol. The minimum atomic E-state index is -0.473. The van der Waals surface area contributed by atoms with Gasteiger partial charge in [-0.25, -0.2) is 9.37 Å². The highest BCUT2D eigenvalue weighted by Gasteiger charge is 2.09. The van der Waals surface area contributed by atoms with Gasteiger partial charge in [-0.15, -0.1) is 0 Å². The summed E-state index contributed by atoms with van der Waals surface area (Å²) in [6, 6.07) is 7.93. The Morgan fingerprint density at radius 3 is 2.58 bits per heavy atom. The van der Waals surface area contributed by atoms with Gasteiger partial charge in [0.2, 0.25) is 0 Å². The van der Waals surface area contributed by atoms with Crippen molar-refractivity contribution >= 4 is 39.9 Å². The van der Waals surface area contributed by atoms with Gasteiger partial charge in [0, 0.05) is 6.07 Å². The lowest BCUT2D eigenvalue weighted by Crippen LogP contribution is -1.96. The number of nitrogens with zero attached hydrogens (tertiary/aromatic N) is 2. The molecule has 0 saturated carbocycles. The van der Waals surface area contributed by atoms with Crippen molar-refractivity contribution in [1.29, 1.82) is 0 Å². The van der Waals surface area contributed by atoms with Crippen LogP contribution in [-0.2, 0) is 0 Å². The molecule has 0 atom stereocenters. The van der Waals surface area contributed by atoms with Crippen molar-refractivity contribution in [3.05, 3.63) is 52.5 Å². The van der Waals surface area contributed by atoms with Crippen molar-refractivity contribution in [2.45, 2.75) is 0 Å². The van der Waals surface area contributed by atoms with E-state index in [1.807, 2.05) is 0 Å². The number of fused-ring (bicyclic) bond motifs is 1. The lowest BCUT2D eigenvalue weighted by molar-refractivity contribution is 0.631. The number of nitrogens with two attached hydrogens (primary N) is 1. The maximum Gasteiger partial charge on any atom is 0.148 e. The van der Waals surface area contributed by atoms with Gasteiger partial charge in [0.1, 0.15) is 12.1 Å². The van der Waals surface area contributed by atoms with E-state index in [4.69, 9.17) is 28.9 Å². The number of imidazole rings is 1. The van der Waals surface area contributed by atoms with Crippen molar-refractivity contribution in [3.8, 4) is 5.69 Å². The molecule has 0 amide bonds. The number of benzene rings is 2. The van der Waals surface area contributed by atoms with E-state index in [-0.39, 0.29) is 5.69 Å². The summed E-state index contributed by atoms with van der Waals surface area (Å²) >= 11 is 11.9. The second-order valence-corrected chi connectivity index (χ2v) is 4.89. The van der Waals surface area contributed by atoms with Gasteiger partial charge >= 0.3 is 0 Å². The Bertz CT molecular complexity index is 783. The number of nitrogen functional groups attached to an aromatic ring is 1. The number of halogens is 3. The molecule has 0 radical (unpaired) electrons. The maximum absolute atomic E-state index is 13.5. The molecule has 0 aliphatic heterocycles. The first-order chi connectivity index (χ1) is 9.06. The number of hydrogen-bond acceptors (Lipinski definition) is 2. The Morgan fingerprint density at radius 2 is 1.84 bits per heavy atom. The fourth-order valence-electron chi connectivity index (χ4n) is 1.88. The normalized spacial score (nSPS) is 11.1. The standard InChI is InChI=1S/C13H8Cl2FN3/c14-8-4-12-13(5-9(8)15)19(6-18-12)7-1-2-11(17)10(16)3-7/h1-6H,17H2. The van der Waals surface area contributed by atoms with Crippen molar-refractivity contribution in [1.82, 2.24) is 9.55 Å². The average molecular weight is 296 g/mol. The third-order valence-electron chi connectivity index (χ3n) is 2.85. The van der Waals surface area contributed by atoms with Gasteiger partial charge in [0.15, 0.2) is 0 Å². The van der Waals surface area contributed by atoms with Crippen LogP contribution in [0, 0.1) is 5.82 Å². The van der Waals surface area contributed by atoms with E-state index in [0.29, 0.717) is 21.2 Å². The van der Waals surface area contributed by atoms with Crippen molar-refractivity contribution in [2.75, 3.05) is 5.73 Å². The van der Waals surface area contributed by atoms with E-state index in [1.165, 1.54) is 12.1 Å². The summed E-state index contributed by atoms with van der Waals surface area (Å²) in [5, 5.41) is 0.856. The van der Waals surface area contributed by atoms with Crippen LogP contribution >= 0.6 is 23.2 Å². The highest BCUT2D eigenvalue weighted by atomic mass is 35.5. The SMILES string of the molecule is Nc1ccc(-n2cnc3cc(Cl)c(Cl)cc32)cc1F. The van der Waals surface area contributed by atoms with Gasteiger partial charge in [-0.2, -0.15) is 0 Å². The minimum absolute atomic E-state index is 0.106. The molecule has 6 heteroatoms. The number of aromatic nitrogens is 2. The Hall–Kier alpha value is -1.78. The van der Waals surface area contributed by atoms with Crippen LogP contribution in [0.5, 0.6) is 0 Å². The lowest BCUT2D eigenvalue weighted by Gasteiger charge is -2.06. The summed E-state index contributed by atoms with van der Waals surface area (Å²) in [5.41, 5.74) is 7.62. The van der Waals surface area contributed by atoms with Gasteiger partial charge in [0.05, 0.1) is 32.5 Å². The van der Waals surface area contributed by atoms with Crippen molar-refractivity contribution in [2.24, 2.45) is 0 Å². The minimum Gasteiger partial charge on any atom is -0.396 e. The fourth-order valence-corrected chi connectivity index (χ4v) is 2.19. The third kappa shape index (κ3) is 2.03. The van der Waals surface area contributed by atoms with Crippen LogP contribution in [0.3, 0.4) is 0 Å². The second kappa shape index (κ2) is 4.40. The summed E-state index contributed by atoms with van der Waals surface area (Å²) in [7, 11) is 0. The Labute approximate surface area is 118 Å². The van der Waals surface area contributed by atoms with E-state index in [1.54, 1.807) is 29.1 Å². The molecule has 0 spiro atoms. The monoisotopic (exact) mass is 295 g/mol. The summed E-state index contributed by atoms with van der Waals surface area (Å²) < 4.78 is 15.2. The zero-order valence-corrected chi connectivity index (χ0v) is 11.1. The van der Waals surface area contributed by atoms with Gasteiger partial charge in [-0.3, -0.25) is 4.57 Å². The molecule has 0 unspecified atom stereocenters. The first kappa shape index (κ1) is 12.3. The van der Waals surface area contributed by atoms with E-state index < -0.39 is 5.82 Å². The highest BCUT2D eigenvalue weighted by Crippen LogP contribution is 2.29. The molecule has 0 bridgehead atoms. The molecule has 3 rings (SSSR count). The van der Waals surface area contributed by atoms with Crippen LogP contribution < -0.4 is 5.73 Å². The molecule has 0 aliphatic rings. The molecule has 2 N–H and O–H groups in total. The van der Waals surface area contributed by atoms with Crippen molar-refractivity contribution < 1.29 is 4.39 Å². The average Bonchev–Trinajstić information content (AvgIpc) is 2.76. The van der Waals surface area contributed by atoms with E-state index in [2.05, 4.69) is 4.98 Å². The highest BCUT2D eigenvalue weighted by molar-refractivity contribution is 6.42. The Balaban J connectivity index is 2.25. The Morgan fingerprint density at radius 1 is 1.11 bits per heavy atom. The van der Waals surface area contributed by atoms with E-state index in [9.17, 15) is 4.39 Å². The zero-order chi connectivity index (χ0) is 13.6. The number of hydrogen-bond donors (Lipinski definition) is 1. The van der Waals surface area contributed by atoms with Crippen molar-refractivity contribution in [3.63, 3.8) is 0 Å².